The van der Waals surface area contributed by atoms with Gasteiger partial charge in [0.05, 0.1) is 17.1 Å². The fourth-order valence-corrected chi connectivity index (χ4v) is 2.80. The highest BCUT2D eigenvalue weighted by Crippen LogP contribution is 2.32. The maximum atomic E-state index is 12.3. The van der Waals surface area contributed by atoms with Gasteiger partial charge in [-0.2, -0.15) is 0 Å². The summed E-state index contributed by atoms with van der Waals surface area (Å²) in [7, 11) is 0. The molecular weight excluding hydrogens is 354 g/mol. The first kappa shape index (κ1) is 18.2. The Bertz CT molecular complexity index is 929. The van der Waals surface area contributed by atoms with Gasteiger partial charge in [0.15, 0.2) is 0 Å². The zero-order valence-electron chi connectivity index (χ0n) is 14.6. The molecule has 0 spiro atoms. The average molecular weight is 371 g/mol. The molecule has 0 saturated heterocycles. The quantitative estimate of drug-likeness (QED) is 0.473. The summed E-state index contributed by atoms with van der Waals surface area (Å²) in [6.07, 6.45) is 0. The molecule has 2 heterocycles. The zero-order valence-corrected chi connectivity index (χ0v) is 14.6. The lowest BCUT2D eigenvalue weighted by Gasteiger charge is -2.26. The number of nitrogens with one attached hydrogen (secondary N) is 2. The van der Waals surface area contributed by atoms with Crippen LogP contribution < -0.4 is 10.6 Å². The number of non-ortho nitro benzene ring substituents is 1. The van der Waals surface area contributed by atoms with Crippen LogP contribution in [-0.4, -0.2) is 23.5 Å². The first-order valence-corrected chi connectivity index (χ1v) is 8.20. The molecule has 9 heteroatoms. The highest BCUT2D eigenvalue weighted by atomic mass is 16.6. The van der Waals surface area contributed by atoms with Crippen molar-refractivity contribution in [2.45, 2.75) is 19.9 Å². The van der Waals surface area contributed by atoms with E-state index in [1.807, 2.05) is 0 Å². The fraction of sp³-hybridized carbons (Fsp3) is 0.222. The first-order valence-electron chi connectivity index (χ1n) is 8.20. The number of esters is 1. The molecule has 2 aromatic rings. The second kappa shape index (κ2) is 7.32. The van der Waals surface area contributed by atoms with Crippen molar-refractivity contribution in [3.63, 3.8) is 0 Å². The molecule has 140 valence electrons. The number of amides is 2. The molecule has 0 saturated carbocycles. The predicted molar refractivity (Wildman–Crippen MR) is 94.5 cm³/mol. The molecule has 2 N–H and O–H groups in total. The van der Waals surface area contributed by atoms with E-state index < -0.39 is 23.0 Å². The Labute approximate surface area is 154 Å². The number of carbonyl (C=O) groups is 2. The second-order valence-corrected chi connectivity index (χ2v) is 5.80. The number of benzene rings is 1. The Balaban J connectivity index is 1.93. The number of urea groups is 1. The molecule has 1 aliphatic heterocycles. The van der Waals surface area contributed by atoms with Gasteiger partial charge in [-0.25, -0.2) is 9.59 Å². The monoisotopic (exact) mass is 371 g/mol. The Morgan fingerprint density at radius 1 is 1.26 bits per heavy atom. The van der Waals surface area contributed by atoms with Crippen LogP contribution in [0, 0.1) is 10.1 Å². The average Bonchev–Trinajstić information content (AvgIpc) is 3.11. The van der Waals surface area contributed by atoms with Gasteiger partial charge >= 0.3 is 12.0 Å². The number of rotatable bonds is 5. The number of hydrogen-bond acceptors (Lipinski definition) is 6. The number of carbonyl (C=O) groups excluding carboxylic acids is 2. The third-order valence-corrected chi connectivity index (χ3v) is 4.04. The standard InChI is InChI=1S/C18H17N3O6/c1-3-26-17(22)15-10(2)19-18(23)20-16(15)14-9-8-13(27-14)11-4-6-12(7-5-11)21(24)25/h4-9,16H,3H2,1-2H3,(H2,19,20,23)/t16-/m1/s1. The van der Waals surface area contributed by atoms with Crippen molar-refractivity contribution in [1.29, 1.82) is 0 Å². The van der Waals surface area contributed by atoms with Crippen LogP contribution in [0.5, 0.6) is 0 Å². The van der Waals surface area contributed by atoms with Crippen LogP contribution in [0.25, 0.3) is 11.3 Å². The first-order chi connectivity index (χ1) is 12.9. The number of furan rings is 1. The molecule has 27 heavy (non-hydrogen) atoms. The summed E-state index contributed by atoms with van der Waals surface area (Å²) in [6.45, 7) is 3.50. The number of ether oxygens (including phenoxy) is 1. The number of nitrogens with zero attached hydrogens (tertiary/aromatic N) is 1. The number of hydrogen-bond donors (Lipinski definition) is 2. The van der Waals surface area contributed by atoms with Gasteiger partial charge in [-0.1, -0.05) is 0 Å². The third-order valence-electron chi connectivity index (χ3n) is 4.04. The van der Waals surface area contributed by atoms with Crippen LogP contribution in [-0.2, 0) is 9.53 Å². The van der Waals surface area contributed by atoms with Gasteiger partial charge < -0.3 is 19.8 Å². The van der Waals surface area contributed by atoms with Crippen LogP contribution >= 0.6 is 0 Å². The Morgan fingerprint density at radius 3 is 2.59 bits per heavy atom. The Hall–Kier alpha value is -3.62. The van der Waals surface area contributed by atoms with Gasteiger partial charge in [-0.05, 0) is 38.1 Å². The maximum Gasteiger partial charge on any atom is 0.338 e. The largest absolute Gasteiger partial charge is 0.463 e. The molecule has 0 radical (unpaired) electrons. The van der Waals surface area contributed by atoms with E-state index in [0.717, 1.165) is 0 Å². The van der Waals surface area contributed by atoms with Gasteiger partial charge in [0.2, 0.25) is 0 Å². The SMILES string of the molecule is CCOC(=O)C1=C(C)NC(=O)N[C@@H]1c1ccc(-c2ccc([N+](=O)[O-])cc2)o1. The minimum atomic E-state index is -0.801. The maximum absolute atomic E-state index is 12.3. The van der Waals surface area contributed by atoms with Gasteiger partial charge in [0.1, 0.15) is 17.6 Å². The minimum Gasteiger partial charge on any atom is -0.463 e. The highest BCUT2D eigenvalue weighted by Gasteiger charge is 2.34. The summed E-state index contributed by atoms with van der Waals surface area (Å²) in [5.74, 6) is 0.245. The van der Waals surface area contributed by atoms with Crippen molar-refractivity contribution in [2.75, 3.05) is 6.61 Å². The van der Waals surface area contributed by atoms with Crippen LogP contribution in [0.3, 0.4) is 0 Å². The summed E-state index contributed by atoms with van der Waals surface area (Å²) in [4.78, 5) is 34.4. The van der Waals surface area contributed by atoms with E-state index in [1.54, 1.807) is 38.1 Å². The van der Waals surface area contributed by atoms with E-state index >= 15 is 0 Å². The molecule has 2 amide bonds. The van der Waals surface area contributed by atoms with E-state index in [9.17, 15) is 19.7 Å². The van der Waals surface area contributed by atoms with Crippen molar-refractivity contribution < 1.29 is 23.7 Å². The van der Waals surface area contributed by atoms with E-state index in [4.69, 9.17) is 9.15 Å². The lowest BCUT2D eigenvalue weighted by atomic mass is 10.0. The molecule has 1 aromatic carbocycles. The molecule has 1 aromatic heterocycles. The summed E-state index contributed by atoms with van der Waals surface area (Å²) in [5.41, 5.74) is 1.24. The molecule has 0 bridgehead atoms. The second-order valence-electron chi connectivity index (χ2n) is 5.80. The van der Waals surface area contributed by atoms with Crippen LogP contribution in [0.15, 0.2) is 52.1 Å². The third kappa shape index (κ3) is 3.66. The number of allylic oxidation sites excluding steroid dienone is 1. The summed E-state index contributed by atoms with van der Waals surface area (Å²) < 4.78 is 10.9. The van der Waals surface area contributed by atoms with Crippen molar-refractivity contribution in [3.05, 3.63) is 63.5 Å². The molecule has 1 atom stereocenters. The van der Waals surface area contributed by atoms with E-state index in [1.165, 1.54) is 12.1 Å². The van der Waals surface area contributed by atoms with Gasteiger partial charge in [-0.15, -0.1) is 0 Å². The number of nitro benzene ring substituents is 1. The Kier molecular flexibility index (Phi) is 4.93. The molecule has 3 rings (SSSR count). The van der Waals surface area contributed by atoms with Crippen molar-refractivity contribution in [1.82, 2.24) is 10.6 Å². The van der Waals surface area contributed by atoms with E-state index in [0.29, 0.717) is 22.8 Å². The van der Waals surface area contributed by atoms with E-state index in [-0.39, 0.29) is 17.9 Å². The predicted octanol–water partition coefficient (Wildman–Crippen LogP) is 3.05. The molecule has 9 nitrogen and oxygen atoms in total. The van der Waals surface area contributed by atoms with Crippen LogP contribution in [0.1, 0.15) is 25.6 Å². The normalized spacial score (nSPS) is 16.5. The number of nitro groups is 1. The smallest absolute Gasteiger partial charge is 0.338 e. The summed E-state index contributed by atoms with van der Waals surface area (Å²) >= 11 is 0. The van der Waals surface area contributed by atoms with Crippen molar-refractivity contribution >= 4 is 17.7 Å². The molecule has 0 aliphatic carbocycles. The summed E-state index contributed by atoms with van der Waals surface area (Å²) in [5, 5.41) is 16.0. The lowest BCUT2D eigenvalue weighted by Crippen LogP contribution is -2.45. The fourth-order valence-electron chi connectivity index (χ4n) is 2.80. The van der Waals surface area contributed by atoms with Crippen LogP contribution in [0.4, 0.5) is 10.5 Å². The van der Waals surface area contributed by atoms with E-state index in [2.05, 4.69) is 10.6 Å². The van der Waals surface area contributed by atoms with Gasteiger partial charge in [0.25, 0.3) is 5.69 Å². The lowest BCUT2D eigenvalue weighted by molar-refractivity contribution is -0.384. The zero-order chi connectivity index (χ0) is 19.6. The van der Waals surface area contributed by atoms with Gasteiger partial charge in [-0.3, -0.25) is 10.1 Å². The van der Waals surface area contributed by atoms with Gasteiger partial charge in [0, 0.05) is 23.4 Å². The molecule has 0 fully saturated rings. The Morgan fingerprint density at radius 2 is 1.96 bits per heavy atom. The van der Waals surface area contributed by atoms with Crippen molar-refractivity contribution in [2.24, 2.45) is 0 Å². The highest BCUT2D eigenvalue weighted by molar-refractivity contribution is 5.94. The molecule has 0 unspecified atom stereocenters. The molecule has 1 aliphatic rings. The minimum absolute atomic E-state index is 0.0284. The topological polar surface area (TPSA) is 124 Å². The van der Waals surface area contributed by atoms with Crippen molar-refractivity contribution in [3.8, 4) is 11.3 Å². The summed E-state index contributed by atoms with van der Waals surface area (Å²) in [6, 6.07) is 7.92. The van der Waals surface area contributed by atoms with Crippen LogP contribution in [0.2, 0.25) is 0 Å². The molecular formula is C18H17N3O6.